The second-order valence-electron chi connectivity index (χ2n) is 13.6. The Bertz CT molecular complexity index is 2530. The molecule has 0 unspecified atom stereocenters. The fraction of sp³-hybridized carbons (Fsp3) is 0.102. The second-order valence-corrected chi connectivity index (χ2v) is 13.6. The van der Waals surface area contributed by atoms with E-state index in [1.807, 2.05) is 24.3 Å². The standard InChI is InChI=1S/C49H39N3O3/c53-28-29-54-30-31-55-39-20-18-36(19-21-39)47-38-17-16-37(32-38)46(33-10-4-1-5-11-33)40-22-24-42(50-40)48(34-12-6-2-7-13-34)44-26-27-45(52-44)49(35-14-8-3-9-15-35)43-25-23-41(47)51-43/h1-27,52-53H,28-32H2. The summed E-state index contributed by atoms with van der Waals surface area (Å²) < 4.78 is 11.3. The molecule has 6 nitrogen and oxygen atoms in total. The van der Waals surface area contributed by atoms with Gasteiger partial charge in [-0.2, -0.15) is 0 Å². The SMILES string of the molecule is OCCOCCOc1ccc(C2=C3C=CC(=C(c4ccccc4)C4=NC(=C(c5ccccc5)c5ccc([nH]5)C(c5ccccc5)=C5C=CC2=N5)C=C4)C3)cc1. The van der Waals surface area contributed by atoms with Gasteiger partial charge in [-0.25, -0.2) is 9.98 Å². The molecule has 9 rings (SSSR count). The van der Waals surface area contributed by atoms with Crippen molar-refractivity contribution in [3.05, 3.63) is 220 Å². The number of H-pyrrole nitrogens is 1. The van der Waals surface area contributed by atoms with Crippen molar-refractivity contribution in [3.63, 3.8) is 0 Å². The van der Waals surface area contributed by atoms with E-state index in [-0.39, 0.29) is 6.61 Å². The maximum atomic E-state index is 9.01. The second kappa shape index (κ2) is 15.4. The molecule has 6 heteroatoms. The van der Waals surface area contributed by atoms with Crippen LogP contribution in [0.5, 0.6) is 5.75 Å². The predicted molar refractivity (Wildman–Crippen MR) is 223 cm³/mol. The zero-order chi connectivity index (χ0) is 37.0. The highest BCUT2D eigenvalue weighted by Crippen LogP contribution is 2.41. The Balaban J connectivity index is 1.25. The minimum absolute atomic E-state index is 0.00344. The summed E-state index contributed by atoms with van der Waals surface area (Å²) in [5.41, 5.74) is 16.6. The number of benzene rings is 4. The van der Waals surface area contributed by atoms with Crippen molar-refractivity contribution >= 4 is 33.7 Å². The molecule has 4 aromatic carbocycles. The molecule has 4 aliphatic rings. The summed E-state index contributed by atoms with van der Waals surface area (Å²) >= 11 is 0. The summed E-state index contributed by atoms with van der Waals surface area (Å²) in [6, 6.07) is 44.1. The van der Waals surface area contributed by atoms with Crippen molar-refractivity contribution in [2.24, 2.45) is 9.98 Å². The Morgan fingerprint density at radius 2 is 0.945 bits per heavy atom. The van der Waals surface area contributed by atoms with Gasteiger partial charge in [-0.15, -0.1) is 0 Å². The molecule has 1 aliphatic carbocycles. The molecule has 0 amide bonds. The van der Waals surface area contributed by atoms with E-state index in [1.165, 1.54) is 11.1 Å². The molecule has 0 spiro atoms. The Hall–Kier alpha value is -6.60. The first-order valence-electron chi connectivity index (χ1n) is 18.7. The average molecular weight is 718 g/mol. The van der Waals surface area contributed by atoms with Gasteiger partial charge in [0.1, 0.15) is 12.4 Å². The number of aliphatic hydroxyl groups excluding tert-OH is 1. The maximum Gasteiger partial charge on any atom is 0.119 e. The highest BCUT2D eigenvalue weighted by Gasteiger charge is 2.26. The molecule has 0 saturated heterocycles. The highest BCUT2D eigenvalue weighted by atomic mass is 16.5. The number of fused-ring (bicyclic) bond motifs is 6. The van der Waals surface area contributed by atoms with Gasteiger partial charge < -0.3 is 19.6 Å². The number of nitrogens with zero attached hydrogens (tertiary/aromatic N) is 2. The summed E-state index contributed by atoms with van der Waals surface area (Å²) in [6.07, 6.45) is 13.8. The van der Waals surface area contributed by atoms with Crippen molar-refractivity contribution in [2.75, 3.05) is 26.4 Å². The summed E-state index contributed by atoms with van der Waals surface area (Å²) in [5.74, 6) is 0.757. The van der Waals surface area contributed by atoms with Crippen molar-refractivity contribution in [1.82, 2.24) is 4.98 Å². The van der Waals surface area contributed by atoms with E-state index in [2.05, 4.69) is 145 Å². The van der Waals surface area contributed by atoms with Crippen LogP contribution in [0.15, 0.2) is 196 Å². The molecule has 5 aromatic rings. The summed E-state index contributed by atoms with van der Waals surface area (Å²) in [7, 11) is 0. The minimum atomic E-state index is -0.00344. The van der Waals surface area contributed by atoms with E-state index < -0.39 is 0 Å². The number of aliphatic imine (C=N–C) groups is 2. The summed E-state index contributed by atoms with van der Waals surface area (Å²) in [5, 5.41) is 9.01. The quantitative estimate of drug-likeness (QED) is 0.141. The van der Waals surface area contributed by atoms with Crippen LogP contribution in [0.3, 0.4) is 0 Å². The zero-order valence-corrected chi connectivity index (χ0v) is 30.3. The van der Waals surface area contributed by atoms with Gasteiger partial charge in [-0.3, -0.25) is 0 Å². The van der Waals surface area contributed by atoms with Crippen LogP contribution in [0.4, 0.5) is 0 Å². The lowest BCUT2D eigenvalue weighted by atomic mass is 9.91. The maximum absolute atomic E-state index is 9.01. The van der Waals surface area contributed by atoms with Crippen molar-refractivity contribution < 1.29 is 14.6 Å². The lowest BCUT2D eigenvalue weighted by Crippen LogP contribution is -2.09. The van der Waals surface area contributed by atoms with Crippen LogP contribution in [0.25, 0.3) is 22.3 Å². The predicted octanol–water partition coefficient (Wildman–Crippen LogP) is 9.82. The van der Waals surface area contributed by atoms with E-state index in [1.54, 1.807) is 0 Å². The van der Waals surface area contributed by atoms with Crippen LogP contribution in [0.2, 0.25) is 0 Å². The zero-order valence-electron chi connectivity index (χ0n) is 30.3. The fourth-order valence-corrected chi connectivity index (χ4v) is 7.63. The smallest absolute Gasteiger partial charge is 0.119 e. The largest absolute Gasteiger partial charge is 0.491 e. The number of allylic oxidation sites excluding steroid dienone is 10. The van der Waals surface area contributed by atoms with Crippen molar-refractivity contribution in [3.8, 4) is 5.75 Å². The molecule has 1 aromatic heterocycles. The van der Waals surface area contributed by atoms with Crippen LogP contribution in [-0.2, 0) is 4.74 Å². The molecular weight excluding hydrogens is 679 g/mol. The number of rotatable bonds is 10. The summed E-state index contributed by atoms with van der Waals surface area (Å²) in [4.78, 5) is 14.6. The van der Waals surface area contributed by atoms with E-state index in [9.17, 15) is 0 Å². The third kappa shape index (κ3) is 6.97. The molecule has 3 aliphatic heterocycles. The van der Waals surface area contributed by atoms with E-state index >= 15 is 0 Å². The Labute approximate surface area is 320 Å². The molecule has 0 atom stereocenters. The Kier molecular flexibility index (Phi) is 9.57. The van der Waals surface area contributed by atoms with E-state index in [0.717, 1.165) is 84.5 Å². The summed E-state index contributed by atoms with van der Waals surface area (Å²) in [6.45, 7) is 1.11. The fourth-order valence-electron chi connectivity index (χ4n) is 7.63. The van der Waals surface area contributed by atoms with Gasteiger partial charge in [0.2, 0.25) is 0 Å². The first-order valence-corrected chi connectivity index (χ1v) is 18.7. The van der Waals surface area contributed by atoms with Gasteiger partial charge in [0.15, 0.2) is 0 Å². The van der Waals surface area contributed by atoms with Gasteiger partial charge >= 0.3 is 0 Å². The molecule has 55 heavy (non-hydrogen) atoms. The normalized spacial score (nSPS) is 16.1. The van der Waals surface area contributed by atoms with Crippen LogP contribution in [0, 0.1) is 0 Å². The first-order chi connectivity index (χ1) is 27.2. The van der Waals surface area contributed by atoms with Gasteiger partial charge in [0, 0.05) is 33.7 Å². The van der Waals surface area contributed by atoms with Crippen molar-refractivity contribution in [1.29, 1.82) is 0 Å². The van der Waals surface area contributed by atoms with Crippen molar-refractivity contribution in [2.45, 2.75) is 6.42 Å². The van der Waals surface area contributed by atoms with E-state index in [4.69, 9.17) is 24.6 Å². The van der Waals surface area contributed by atoms with E-state index in [0.29, 0.717) is 26.2 Å². The number of nitrogens with one attached hydrogen (secondary N) is 1. The number of aliphatic hydroxyl groups is 1. The van der Waals surface area contributed by atoms with Gasteiger partial charge in [0.05, 0.1) is 42.6 Å². The molecule has 0 saturated carbocycles. The molecule has 4 heterocycles. The highest BCUT2D eigenvalue weighted by molar-refractivity contribution is 6.34. The monoisotopic (exact) mass is 717 g/mol. The molecule has 2 N–H and O–H groups in total. The van der Waals surface area contributed by atoms with Crippen LogP contribution >= 0.6 is 0 Å². The molecule has 8 bridgehead atoms. The number of ether oxygens (including phenoxy) is 2. The van der Waals surface area contributed by atoms with Crippen LogP contribution in [0.1, 0.15) is 40.1 Å². The Morgan fingerprint density at radius 3 is 1.44 bits per heavy atom. The van der Waals surface area contributed by atoms with Crippen LogP contribution in [-0.4, -0.2) is 47.9 Å². The number of hydrogen-bond donors (Lipinski definition) is 2. The topological polar surface area (TPSA) is 79.2 Å². The number of aromatic amines is 1. The average Bonchev–Trinajstić information content (AvgIpc) is 4.08. The number of aromatic nitrogens is 1. The molecule has 268 valence electrons. The first kappa shape index (κ1) is 34.2. The van der Waals surface area contributed by atoms with Gasteiger partial charge in [0.25, 0.3) is 0 Å². The molecule has 0 radical (unpaired) electrons. The minimum Gasteiger partial charge on any atom is -0.491 e. The van der Waals surface area contributed by atoms with Gasteiger partial charge in [-0.05, 0) is 88.4 Å². The number of hydrogen-bond acceptors (Lipinski definition) is 5. The van der Waals surface area contributed by atoms with Gasteiger partial charge in [-0.1, -0.05) is 115 Å². The third-order valence-corrected chi connectivity index (χ3v) is 10.1. The molecule has 0 fully saturated rings. The Morgan fingerprint density at radius 1 is 0.473 bits per heavy atom. The third-order valence-electron chi connectivity index (χ3n) is 10.1. The lowest BCUT2D eigenvalue weighted by molar-refractivity contribution is 0.0705. The lowest BCUT2D eigenvalue weighted by Gasteiger charge is -2.15. The van der Waals surface area contributed by atoms with Crippen LogP contribution < -0.4 is 4.74 Å². The molecular formula is C49H39N3O3.